The summed E-state index contributed by atoms with van der Waals surface area (Å²) in [5.41, 5.74) is 7.99. The number of nitrogens with two attached hydrogens (primary N) is 1. The molecular formula is C16H15BrN2O. The lowest BCUT2D eigenvalue weighted by Gasteiger charge is -2.29. The minimum atomic E-state index is -0.801. The van der Waals surface area contributed by atoms with Crippen LogP contribution in [-0.4, -0.2) is 5.91 Å². The van der Waals surface area contributed by atoms with Crippen molar-refractivity contribution >= 4 is 27.5 Å². The number of halogens is 1. The molecule has 1 aliphatic rings. The van der Waals surface area contributed by atoms with Crippen molar-refractivity contribution in [2.75, 3.05) is 5.32 Å². The number of anilines is 1. The van der Waals surface area contributed by atoms with E-state index >= 15 is 0 Å². The van der Waals surface area contributed by atoms with Crippen LogP contribution in [0.2, 0.25) is 0 Å². The summed E-state index contributed by atoms with van der Waals surface area (Å²) in [5.74, 6) is -0.328. The second kappa shape index (κ2) is 4.94. The van der Waals surface area contributed by atoms with Gasteiger partial charge in [-0.3, -0.25) is 4.79 Å². The maximum absolute atomic E-state index is 12.1. The Bertz CT molecular complexity index is 654. The van der Waals surface area contributed by atoms with Gasteiger partial charge in [-0.1, -0.05) is 40.2 Å². The fourth-order valence-corrected chi connectivity index (χ4v) is 3.10. The number of primary amides is 1. The number of benzene rings is 2. The molecule has 0 fully saturated rings. The lowest BCUT2D eigenvalue weighted by molar-refractivity contribution is -0.122. The van der Waals surface area contributed by atoms with Crippen molar-refractivity contribution in [3.8, 4) is 0 Å². The van der Waals surface area contributed by atoms with Crippen molar-refractivity contribution in [3.63, 3.8) is 0 Å². The molecule has 1 aliphatic carbocycles. The van der Waals surface area contributed by atoms with Crippen molar-refractivity contribution in [2.24, 2.45) is 5.73 Å². The number of aryl methyl sites for hydroxylation is 1. The first kappa shape index (κ1) is 13.2. The topological polar surface area (TPSA) is 55.1 Å². The zero-order valence-electron chi connectivity index (χ0n) is 10.9. The molecule has 0 saturated heterocycles. The van der Waals surface area contributed by atoms with Crippen molar-refractivity contribution in [1.82, 2.24) is 0 Å². The minimum Gasteiger partial charge on any atom is -0.368 e. The van der Waals surface area contributed by atoms with Crippen molar-refractivity contribution < 1.29 is 4.79 Å². The Kier molecular flexibility index (Phi) is 3.26. The molecule has 20 heavy (non-hydrogen) atoms. The molecule has 102 valence electrons. The number of amides is 1. The third-order valence-corrected chi connectivity index (χ3v) is 4.40. The molecule has 3 nitrogen and oxygen atoms in total. The first-order chi connectivity index (χ1) is 9.62. The van der Waals surface area contributed by atoms with Gasteiger partial charge in [0.2, 0.25) is 5.91 Å². The molecule has 2 aromatic carbocycles. The first-order valence-corrected chi connectivity index (χ1v) is 7.33. The Balaban J connectivity index is 2.02. The van der Waals surface area contributed by atoms with E-state index in [0.29, 0.717) is 6.42 Å². The van der Waals surface area contributed by atoms with Crippen LogP contribution in [0.3, 0.4) is 0 Å². The molecule has 3 rings (SSSR count). The molecule has 1 unspecified atom stereocenters. The maximum Gasteiger partial charge on any atom is 0.247 e. The van der Waals surface area contributed by atoms with Gasteiger partial charge in [0, 0.05) is 10.2 Å². The molecule has 1 atom stereocenters. The fourth-order valence-electron chi connectivity index (χ4n) is 2.84. The van der Waals surface area contributed by atoms with Crippen LogP contribution in [-0.2, 0) is 16.8 Å². The number of rotatable bonds is 3. The van der Waals surface area contributed by atoms with Crippen LogP contribution in [0.5, 0.6) is 0 Å². The Morgan fingerprint density at radius 2 is 1.85 bits per heavy atom. The summed E-state index contributed by atoms with van der Waals surface area (Å²) in [6.45, 7) is 0. The normalized spacial score (nSPS) is 20.4. The van der Waals surface area contributed by atoms with Crippen LogP contribution < -0.4 is 11.1 Å². The van der Waals surface area contributed by atoms with E-state index in [1.54, 1.807) is 0 Å². The van der Waals surface area contributed by atoms with E-state index < -0.39 is 5.54 Å². The summed E-state index contributed by atoms with van der Waals surface area (Å²) >= 11 is 3.41. The van der Waals surface area contributed by atoms with Crippen LogP contribution in [0.4, 0.5) is 5.69 Å². The van der Waals surface area contributed by atoms with E-state index in [0.717, 1.165) is 22.1 Å². The molecule has 2 aromatic rings. The van der Waals surface area contributed by atoms with Crippen LogP contribution in [0.1, 0.15) is 17.5 Å². The lowest BCUT2D eigenvalue weighted by Crippen LogP contribution is -2.46. The molecule has 0 aromatic heterocycles. The maximum atomic E-state index is 12.1. The second-order valence-electron chi connectivity index (χ2n) is 5.06. The van der Waals surface area contributed by atoms with Gasteiger partial charge in [0.1, 0.15) is 5.54 Å². The minimum absolute atomic E-state index is 0.328. The quantitative estimate of drug-likeness (QED) is 0.908. The summed E-state index contributed by atoms with van der Waals surface area (Å²) in [4.78, 5) is 12.1. The van der Waals surface area contributed by atoms with Gasteiger partial charge >= 0.3 is 0 Å². The molecular weight excluding hydrogens is 316 g/mol. The van der Waals surface area contributed by atoms with E-state index in [1.165, 1.54) is 5.56 Å². The van der Waals surface area contributed by atoms with Gasteiger partial charge in [-0.15, -0.1) is 0 Å². The highest BCUT2D eigenvalue weighted by Crippen LogP contribution is 2.39. The predicted octanol–water partition coefficient (Wildman–Crippen LogP) is 3.19. The summed E-state index contributed by atoms with van der Waals surface area (Å²) in [6, 6.07) is 15.8. The summed E-state index contributed by atoms with van der Waals surface area (Å²) in [7, 11) is 0. The van der Waals surface area contributed by atoms with E-state index in [1.807, 2.05) is 42.5 Å². The third kappa shape index (κ3) is 2.10. The smallest absolute Gasteiger partial charge is 0.247 e. The number of fused-ring (bicyclic) bond motifs is 1. The lowest BCUT2D eigenvalue weighted by atomic mass is 9.90. The molecule has 0 heterocycles. The number of hydrogen-bond acceptors (Lipinski definition) is 2. The molecule has 3 N–H and O–H groups in total. The zero-order valence-corrected chi connectivity index (χ0v) is 12.5. The van der Waals surface area contributed by atoms with Gasteiger partial charge in [-0.2, -0.15) is 0 Å². The number of hydrogen-bond donors (Lipinski definition) is 2. The zero-order chi connectivity index (χ0) is 14.2. The van der Waals surface area contributed by atoms with E-state index in [-0.39, 0.29) is 5.91 Å². The Labute approximate surface area is 126 Å². The Morgan fingerprint density at radius 1 is 1.15 bits per heavy atom. The van der Waals surface area contributed by atoms with Crippen LogP contribution in [0.25, 0.3) is 0 Å². The van der Waals surface area contributed by atoms with Gasteiger partial charge in [0.25, 0.3) is 0 Å². The van der Waals surface area contributed by atoms with Crippen LogP contribution in [0.15, 0.2) is 53.0 Å². The number of carbonyl (C=O) groups is 1. The number of nitrogens with one attached hydrogen (secondary N) is 1. The van der Waals surface area contributed by atoms with E-state index in [9.17, 15) is 4.79 Å². The van der Waals surface area contributed by atoms with Gasteiger partial charge < -0.3 is 11.1 Å². The van der Waals surface area contributed by atoms with E-state index in [4.69, 9.17) is 5.73 Å². The van der Waals surface area contributed by atoms with Gasteiger partial charge in [-0.05, 0) is 48.2 Å². The monoisotopic (exact) mass is 330 g/mol. The van der Waals surface area contributed by atoms with Gasteiger partial charge in [0.15, 0.2) is 0 Å². The average Bonchev–Trinajstić information content (AvgIpc) is 2.82. The third-order valence-electron chi connectivity index (χ3n) is 3.87. The molecule has 0 radical (unpaired) electrons. The number of carbonyl (C=O) groups excluding carboxylic acids is 1. The summed E-state index contributed by atoms with van der Waals surface area (Å²) in [5, 5.41) is 3.34. The highest BCUT2D eigenvalue weighted by atomic mass is 79.9. The van der Waals surface area contributed by atoms with Crippen molar-refractivity contribution in [2.45, 2.75) is 18.4 Å². The van der Waals surface area contributed by atoms with Crippen LogP contribution in [0, 0.1) is 0 Å². The van der Waals surface area contributed by atoms with Crippen molar-refractivity contribution in [3.05, 3.63) is 64.1 Å². The molecule has 1 amide bonds. The van der Waals surface area contributed by atoms with E-state index in [2.05, 4.69) is 27.3 Å². The SMILES string of the molecule is NC(=O)C1(Nc2ccc(Br)cc2)CCc2ccccc21. The van der Waals surface area contributed by atoms with Crippen LogP contribution >= 0.6 is 15.9 Å². The molecule has 4 heteroatoms. The Hall–Kier alpha value is -1.81. The second-order valence-corrected chi connectivity index (χ2v) is 5.97. The molecule has 0 spiro atoms. The molecule has 0 aliphatic heterocycles. The van der Waals surface area contributed by atoms with Gasteiger partial charge in [0.05, 0.1) is 0 Å². The fraction of sp³-hybridized carbons (Fsp3) is 0.188. The molecule has 0 saturated carbocycles. The van der Waals surface area contributed by atoms with Gasteiger partial charge in [-0.25, -0.2) is 0 Å². The first-order valence-electron chi connectivity index (χ1n) is 6.54. The highest BCUT2D eigenvalue weighted by molar-refractivity contribution is 9.10. The largest absolute Gasteiger partial charge is 0.368 e. The standard InChI is InChI=1S/C16H15BrN2O/c17-12-5-7-13(8-6-12)19-16(15(18)20)10-9-11-3-1-2-4-14(11)16/h1-8,19H,9-10H2,(H2,18,20). The average molecular weight is 331 g/mol. The highest BCUT2D eigenvalue weighted by Gasteiger charge is 2.43. The Morgan fingerprint density at radius 3 is 2.55 bits per heavy atom. The summed E-state index contributed by atoms with van der Waals surface area (Å²) in [6.07, 6.45) is 1.56. The predicted molar refractivity (Wildman–Crippen MR) is 83.4 cm³/mol. The molecule has 0 bridgehead atoms. The van der Waals surface area contributed by atoms with Crippen molar-refractivity contribution in [1.29, 1.82) is 0 Å². The summed E-state index contributed by atoms with van der Waals surface area (Å²) < 4.78 is 1.00.